The Labute approximate surface area is 178 Å². The SMILES string of the molecule is CCn1c(=O)c2ccccc2n(CC(=O)NCCCc2nc3c(s2)CCCC3)c1=O. The summed E-state index contributed by atoms with van der Waals surface area (Å²) < 4.78 is 2.55. The average molecular weight is 427 g/mol. The predicted octanol–water partition coefficient (Wildman–Crippen LogP) is 2.27. The minimum absolute atomic E-state index is 0.106. The molecule has 30 heavy (non-hydrogen) atoms. The van der Waals surface area contributed by atoms with Gasteiger partial charge in [-0.1, -0.05) is 12.1 Å². The van der Waals surface area contributed by atoms with E-state index < -0.39 is 5.69 Å². The lowest BCUT2D eigenvalue weighted by Gasteiger charge is -2.13. The Bertz CT molecular complexity index is 1170. The number of nitrogens with zero attached hydrogens (tertiary/aromatic N) is 3. The van der Waals surface area contributed by atoms with Gasteiger partial charge in [0.25, 0.3) is 5.56 Å². The van der Waals surface area contributed by atoms with Crippen molar-refractivity contribution in [2.24, 2.45) is 0 Å². The maximum absolute atomic E-state index is 12.7. The fraction of sp³-hybridized carbons (Fsp3) is 0.455. The summed E-state index contributed by atoms with van der Waals surface area (Å²) in [6.45, 7) is 2.44. The molecule has 0 radical (unpaired) electrons. The van der Waals surface area contributed by atoms with Crippen LogP contribution in [0.4, 0.5) is 0 Å². The Morgan fingerprint density at radius 1 is 1.17 bits per heavy atom. The first-order valence-corrected chi connectivity index (χ1v) is 11.4. The Hall–Kier alpha value is -2.74. The highest BCUT2D eigenvalue weighted by atomic mass is 32.1. The molecule has 2 aromatic heterocycles. The standard InChI is InChI=1S/C22H26N4O3S/c1-2-25-21(28)15-8-3-5-10-17(15)26(22(25)29)14-19(27)23-13-7-12-20-24-16-9-4-6-11-18(16)30-20/h3,5,8,10H,2,4,6-7,9,11-14H2,1H3,(H,23,27). The van der Waals surface area contributed by atoms with Crippen LogP contribution in [-0.4, -0.2) is 26.6 Å². The fourth-order valence-corrected chi connectivity index (χ4v) is 5.18. The second kappa shape index (κ2) is 8.95. The molecule has 0 saturated heterocycles. The van der Waals surface area contributed by atoms with E-state index in [2.05, 4.69) is 5.32 Å². The van der Waals surface area contributed by atoms with Crippen molar-refractivity contribution in [3.8, 4) is 0 Å². The number of carbonyl (C=O) groups is 1. The number of benzene rings is 1. The molecule has 4 rings (SSSR count). The predicted molar refractivity (Wildman–Crippen MR) is 118 cm³/mol. The summed E-state index contributed by atoms with van der Waals surface area (Å²) in [4.78, 5) is 43.9. The second-order valence-corrected chi connectivity index (χ2v) is 8.74. The minimum atomic E-state index is -0.454. The molecule has 1 amide bonds. The summed E-state index contributed by atoms with van der Waals surface area (Å²) in [5.74, 6) is -0.234. The van der Waals surface area contributed by atoms with Crippen LogP contribution in [0.3, 0.4) is 0 Å². The van der Waals surface area contributed by atoms with Crippen LogP contribution in [0.15, 0.2) is 33.9 Å². The van der Waals surface area contributed by atoms with Crippen molar-refractivity contribution < 1.29 is 4.79 Å². The highest BCUT2D eigenvalue weighted by Gasteiger charge is 2.16. The van der Waals surface area contributed by atoms with Gasteiger partial charge in [0.05, 0.1) is 21.6 Å². The number of carbonyl (C=O) groups excluding carboxylic acids is 1. The number of rotatable bonds is 7. The zero-order chi connectivity index (χ0) is 21.1. The molecule has 8 heteroatoms. The first-order valence-electron chi connectivity index (χ1n) is 10.5. The molecule has 1 aliphatic carbocycles. The van der Waals surface area contributed by atoms with Crippen LogP contribution in [0.1, 0.15) is 41.8 Å². The Morgan fingerprint density at radius 3 is 2.77 bits per heavy atom. The summed E-state index contributed by atoms with van der Waals surface area (Å²) in [5, 5.41) is 4.49. The molecule has 1 N–H and O–H groups in total. The summed E-state index contributed by atoms with van der Waals surface area (Å²) in [6, 6.07) is 6.91. The monoisotopic (exact) mass is 426 g/mol. The minimum Gasteiger partial charge on any atom is -0.355 e. The molecule has 7 nitrogen and oxygen atoms in total. The van der Waals surface area contributed by atoms with E-state index in [1.54, 1.807) is 42.5 Å². The van der Waals surface area contributed by atoms with Crippen LogP contribution in [0.25, 0.3) is 10.9 Å². The number of hydrogen-bond acceptors (Lipinski definition) is 5. The molecule has 1 aromatic carbocycles. The van der Waals surface area contributed by atoms with Crippen molar-refractivity contribution in [3.05, 3.63) is 60.7 Å². The molecular formula is C22H26N4O3S. The van der Waals surface area contributed by atoms with Crippen molar-refractivity contribution in [2.75, 3.05) is 6.54 Å². The number of aromatic nitrogens is 3. The maximum Gasteiger partial charge on any atom is 0.331 e. The van der Waals surface area contributed by atoms with Gasteiger partial charge < -0.3 is 5.32 Å². The van der Waals surface area contributed by atoms with E-state index in [0.717, 1.165) is 30.7 Å². The largest absolute Gasteiger partial charge is 0.355 e. The van der Waals surface area contributed by atoms with Crippen molar-refractivity contribution in [2.45, 2.75) is 58.5 Å². The van der Waals surface area contributed by atoms with Gasteiger partial charge >= 0.3 is 5.69 Å². The third-order valence-corrected chi connectivity index (χ3v) is 6.75. The number of amides is 1. The third-order valence-electron chi connectivity index (χ3n) is 5.53. The van der Waals surface area contributed by atoms with Gasteiger partial charge in [0, 0.05) is 24.4 Å². The van der Waals surface area contributed by atoms with Crippen LogP contribution in [0.2, 0.25) is 0 Å². The number of fused-ring (bicyclic) bond motifs is 2. The molecule has 0 spiro atoms. The molecule has 0 aliphatic heterocycles. The lowest BCUT2D eigenvalue weighted by molar-refractivity contribution is -0.121. The highest BCUT2D eigenvalue weighted by Crippen LogP contribution is 2.27. The van der Waals surface area contributed by atoms with Crippen LogP contribution in [-0.2, 0) is 37.1 Å². The van der Waals surface area contributed by atoms with E-state index in [4.69, 9.17) is 4.98 Å². The van der Waals surface area contributed by atoms with E-state index in [1.165, 1.54) is 32.5 Å². The van der Waals surface area contributed by atoms with Crippen molar-refractivity contribution in [1.82, 2.24) is 19.4 Å². The quantitative estimate of drug-likeness (QED) is 0.587. The van der Waals surface area contributed by atoms with E-state index >= 15 is 0 Å². The topological polar surface area (TPSA) is 86.0 Å². The van der Waals surface area contributed by atoms with Crippen molar-refractivity contribution in [1.29, 1.82) is 0 Å². The van der Waals surface area contributed by atoms with E-state index in [0.29, 0.717) is 17.4 Å². The summed E-state index contributed by atoms with van der Waals surface area (Å²) in [7, 11) is 0. The molecule has 0 atom stereocenters. The van der Waals surface area contributed by atoms with Gasteiger partial charge in [-0.15, -0.1) is 11.3 Å². The molecule has 0 unspecified atom stereocenters. The molecule has 158 valence electrons. The van der Waals surface area contributed by atoms with Gasteiger partial charge in [-0.3, -0.25) is 18.7 Å². The van der Waals surface area contributed by atoms with Gasteiger partial charge in [0.15, 0.2) is 0 Å². The van der Waals surface area contributed by atoms with Crippen LogP contribution >= 0.6 is 11.3 Å². The zero-order valence-corrected chi connectivity index (χ0v) is 18.0. The summed E-state index contributed by atoms with van der Waals surface area (Å²) in [6.07, 6.45) is 6.37. The number of nitrogens with one attached hydrogen (secondary N) is 1. The van der Waals surface area contributed by atoms with E-state index in [-0.39, 0.29) is 24.6 Å². The van der Waals surface area contributed by atoms with Gasteiger partial charge in [0.1, 0.15) is 6.54 Å². The van der Waals surface area contributed by atoms with Crippen LogP contribution in [0, 0.1) is 0 Å². The number of aryl methyl sites for hydroxylation is 3. The summed E-state index contributed by atoms with van der Waals surface area (Å²) in [5.41, 5.74) is 0.980. The van der Waals surface area contributed by atoms with Gasteiger partial charge in [-0.25, -0.2) is 9.78 Å². The lowest BCUT2D eigenvalue weighted by atomic mass is 10.0. The van der Waals surface area contributed by atoms with Crippen molar-refractivity contribution >= 4 is 28.1 Å². The molecule has 2 heterocycles. The molecule has 0 bridgehead atoms. The van der Waals surface area contributed by atoms with Crippen LogP contribution < -0.4 is 16.6 Å². The first kappa shape index (κ1) is 20.5. The highest BCUT2D eigenvalue weighted by molar-refractivity contribution is 7.11. The molecular weight excluding hydrogens is 400 g/mol. The third kappa shape index (κ3) is 4.09. The first-order chi connectivity index (χ1) is 14.6. The average Bonchev–Trinajstić information content (AvgIpc) is 3.17. The molecule has 3 aromatic rings. The summed E-state index contributed by atoms with van der Waals surface area (Å²) >= 11 is 1.80. The lowest BCUT2D eigenvalue weighted by Crippen LogP contribution is -2.42. The molecule has 0 fully saturated rings. The van der Waals surface area contributed by atoms with E-state index in [9.17, 15) is 14.4 Å². The smallest absolute Gasteiger partial charge is 0.331 e. The van der Waals surface area contributed by atoms with Gasteiger partial charge in [0.2, 0.25) is 5.91 Å². The second-order valence-electron chi connectivity index (χ2n) is 7.57. The normalized spacial score (nSPS) is 13.4. The molecule has 1 aliphatic rings. The Morgan fingerprint density at radius 2 is 1.97 bits per heavy atom. The van der Waals surface area contributed by atoms with Crippen LogP contribution in [0.5, 0.6) is 0 Å². The Kier molecular flexibility index (Phi) is 6.13. The Balaban J connectivity index is 1.39. The zero-order valence-electron chi connectivity index (χ0n) is 17.1. The fourth-order valence-electron chi connectivity index (χ4n) is 3.98. The van der Waals surface area contributed by atoms with Crippen molar-refractivity contribution in [3.63, 3.8) is 0 Å². The van der Waals surface area contributed by atoms with Gasteiger partial charge in [-0.2, -0.15) is 0 Å². The van der Waals surface area contributed by atoms with Gasteiger partial charge in [-0.05, 0) is 51.2 Å². The number of hydrogen-bond donors (Lipinski definition) is 1. The maximum atomic E-state index is 12.7. The van der Waals surface area contributed by atoms with E-state index in [1.807, 2.05) is 0 Å². The number of para-hydroxylation sites is 1. The molecule has 0 saturated carbocycles. The number of thiazole rings is 1.